The summed E-state index contributed by atoms with van der Waals surface area (Å²) in [7, 11) is -2.86. The summed E-state index contributed by atoms with van der Waals surface area (Å²) in [5, 5.41) is 0. The van der Waals surface area contributed by atoms with Crippen LogP contribution in [0.4, 0.5) is 0 Å². The molecule has 1 N–H and O–H groups in total. The molecular weight excluding hydrogens is 253 g/mol. The molecule has 0 amide bonds. The molecule has 0 aliphatic heterocycles. The molecule has 0 bridgehead atoms. The van der Waals surface area contributed by atoms with Crippen LogP contribution in [0.1, 0.15) is 0 Å². The van der Waals surface area contributed by atoms with E-state index in [1.807, 2.05) is 0 Å². The zero-order chi connectivity index (χ0) is 3.58. The Labute approximate surface area is 69.8 Å². The molecule has 0 heterocycles. The summed E-state index contributed by atoms with van der Waals surface area (Å²) >= 11 is 0. The summed E-state index contributed by atoms with van der Waals surface area (Å²) in [4.78, 5) is 0. The van der Waals surface area contributed by atoms with Crippen molar-refractivity contribution in [3.63, 3.8) is 0 Å². The minimum absolute atomic E-state index is 0. The normalized spacial score (nSPS) is 6.80. The van der Waals surface area contributed by atoms with E-state index in [4.69, 9.17) is 13.0 Å². The third kappa shape index (κ3) is 31.3. The molecular formula is HO3SYb-. The first kappa shape index (κ1) is 9.66. The van der Waals surface area contributed by atoms with Crippen LogP contribution in [0.25, 0.3) is 0 Å². The van der Waals surface area contributed by atoms with E-state index in [9.17, 15) is 0 Å². The van der Waals surface area contributed by atoms with E-state index in [0.717, 1.165) is 0 Å². The van der Waals surface area contributed by atoms with Crippen LogP contribution in [-0.2, 0) is 19.4 Å². The summed E-state index contributed by atoms with van der Waals surface area (Å²) < 4.78 is 24.1. The second-order valence-corrected chi connectivity index (χ2v) is 0.651. The van der Waals surface area contributed by atoms with Crippen molar-refractivity contribution < 1.29 is 59.9 Å². The molecule has 0 spiro atoms. The minimum atomic E-state index is -2.86. The molecule has 40 valence electrons. The zero-order valence-electron chi connectivity index (χ0n) is 1.94. The zero-order valence-corrected chi connectivity index (χ0v) is 4.47. The van der Waals surface area contributed by atoms with Crippen LogP contribution in [-0.4, -0.2) is 4.55 Å². The van der Waals surface area contributed by atoms with E-state index in [1.54, 1.807) is 0 Å². The fourth-order valence-electron chi connectivity index (χ4n) is 0. The summed E-state index contributed by atoms with van der Waals surface area (Å²) in [5.74, 6) is 0. The number of hydrogen-bond donors (Lipinski definition) is 1. The number of rotatable bonds is 0. The summed E-state index contributed by atoms with van der Waals surface area (Å²) in [5.41, 5.74) is 0. The van der Waals surface area contributed by atoms with Gasteiger partial charge in [-0.15, -0.1) is 0 Å². The van der Waals surface area contributed by atoms with E-state index >= 15 is 0 Å². The molecule has 0 aromatic rings. The molecule has 5 heavy (non-hydrogen) atoms. The van der Waals surface area contributed by atoms with Gasteiger partial charge in [0.15, 0.2) is 0 Å². The second-order valence-electron chi connectivity index (χ2n) is 0.217. The Morgan fingerprint density at radius 1 is 1.40 bits per heavy atom. The van der Waals surface area contributed by atoms with Crippen LogP contribution in [0.2, 0.25) is 0 Å². The Hall–Kier alpha value is 1.43. The predicted molar refractivity (Wildman–Crippen MR) is 11.4 cm³/mol. The largest absolute Gasteiger partial charge is 0.439 e. The summed E-state index contributed by atoms with van der Waals surface area (Å²) in [6.45, 7) is 0. The molecule has 0 aromatic carbocycles. The first-order valence-electron chi connectivity index (χ1n) is 0.516. The minimum Gasteiger partial charge on any atom is -0.439 e. The fourth-order valence-corrected chi connectivity index (χ4v) is 0. The van der Waals surface area contributed by atoms with Gasteiger partial charge in [0.1, 0.15) is 0 Å². The van der Waals surface area contributed by atoms with Crippen molar-refractivity contribution >= 4 is 11.0 Å². The van der Waals surface area contributed by atoms with Crippen LogP contribution in [0.3, 0.4) is 0 Å². The molecule has 0 unspecified atom stereocenters. The van der Waals surface area contributed by atoms with E-state index in [0.29, 0.717) is 0 Å². The molecule has 0 aliphatic rings. The molecule has 0 rings (SSSR count). The van der Waals surface area contributed by atoms with Crippen molar-refractivity contribution in [1.82, 2.24) is 0 Å². The summed E-state index contributed by atoms with van der Waals surface area (Å²) in [6.07, 6.45) is 0. The Kier molecular flexibility index (Phi) is 10.5. The van der Waals surface area contributed by atoms with Gasteiger partial charge in [-0.3, -0.25) is 0 Å². The smallest absolute Gasteiger partial charge is 0.0495 e. The maximum atomic E-state index is 8.56. The van der Waals surface area contributed by atoms with Gasteiger partial charge < -0.3 is 13.0 Å². The van der Waals surface area contributed by atoms with E-state index < -0.39 is 11.0 Å². The quantitative estimate of drug-likeness (QED) is 0.369. The first-order valence-corrected chi connectivity index (χ1v) is 1.55. The standard InChI is InChI=1S/HO3S.Yb/c1-4(2)3;/h(H,1,2,3);/q-1;. The van der Waals surface area contributed by atoms with Crippen LogP contribution < -0.4 is 0 Å². The van der Waals surface area contributed by atoms with Gasteiger partial charge in [-0.1, -0.05) is 0 Å². The van der Waals surface area contributed by atoms with Crippen molar-refractivity contribution in [1.29, 1.82) is 0 Å². The average Bonchev–Trinajstić information content (AvgIpc) is 0.811. The Morgan fingerprint density at radius 2 is 1.40 bits per heavy atom. The van der Waals surface area contributed by atoms with Gasteiger partial charge in [-0.05, 0) is 0 Å². The van der Waals surface area contributed by atoms with Crippen molar-refractivity contribution in [2.75, 3.05) is 0 Å². The van der Waals surface area contributed by atoms with Crippen molar-refractivity contribution in [3.05, 3.63) is 0 Å². The predicted octanol–water partition coefficient (Wildman–Crippen LogP) is -0.231. The van der Waals surface area contributed by atoms with Gasteiger partial charge in [0.2, 0.25) is 0 Å². The molecule has 0 saturated heterocycles. The van der Waals surface area contributed by atoms with Gasteiger partial charge in [0.25, 0.3) is 0 Å². The first-order chi connectivity index (χ1) is 1.73. The van der Waals surface area contributed by atoms with Crippen LogP contribution >= 0.6 is 0 Å². The molecule has 0 radical (unpaired) electrons. The maximum Gasteiger partial charge on any atom is 0.0495 e. The third-order valence-electron chi connectivity index (χ3n) is 0. The van der Waals surface area contributed by atoms with Crippen LogP contribution in [0, 0.1) is 46.9 Å². The topological polar surface area (TPSA) is 54.4 Å². The molecule has 0 atom stereocenters. The molecule has 0 aliphatic carbocycles. The molecule has 0 saturated carbocycles. The molecule has 0 aromatic heterocycles. The molecule has 3 nitrogen and oxygen atoms in total. The van der Waals surface area contributed by atoms with Crippen LogP contribution in [0.5, 0.6) is 0 Å². The van der Waals surface area contributed by atoms with Crippen molar-refractivity contribution in [3.8, 4) is 0 Å². The maximum absolute atomic E-state index is 8.56. The van der Waals surface area contributed by atoms with Crippen LogP contribution in [0.15, 0.2) is 0 Å². The number of hydrogen-bond acceptors (Lipinski definition) is 3. The Balaban J connectivity index is 0. The van der Waals surface area contributed by atoms with E-state index in [-0.39, 0.29) is 46.9 Å². The van der Waals surface area contributed by atoms with Gasteiger partial charge in [-0.2, -0.15) is 0 Å². The molecule has 5 heteroatoms. The third-order valence-corrected chi connectivity index (χ3v) is 0. The van der Waals surface area contributed by atoms with Gasteiger partial charge in [0.05, 0.1) is 0 Å². The Bertz CT molecular complexity index is 55.3. The van der Waals surface area contributed by atoms with Gasteiger partial charge >= 0.3 is 0 Å². The van der Waals surface area contributed by atoms with E-state index in [1.165, 1.54) is 0 Å². The average molecular weight is 254 g/mol. The second kappa shape index (κ2) is 5.43. The van der Waals surface area contributed by atoms with Crippen molar-refractivity contribution in [2.45, 2.75) is 0 Å². The SMILES string of the molecule is O=[S-](=O)O.[Yb]. The monoisotopic (exact) mass is 255 g/mol. The van der Waals surface area contributed by atoms with Gasteiger partial charge in [0, 0.05) is 57.9 Å². The fraction of sp³-hybridized carbons (Fsp3) is 0. The van der Waals surface area contributed by atoms with Gasteiger partial charge in [-0.25, -0.2) is 0 Å². The van der Waals surface area contributed by atoms with E-state index in [2.05, 4.69) is 0 Å². The van der Waals surface area contributed by atoms with Crippen molar-refractivity contribution in [2.24, 2.45) is 0 Å². The summed E-state index contributed by atoms with van der Waals surface area (Å²) in [6, 6.07) is 0. The molecule has 0 fully saturated rings. The Morgan fingerprint density at radius 3 is 1.40 bits per heavy atom.